The molecule has 0 fully saturated rings. The normalized spacial score (nSPS) is 9.93. The summed E-state index contributed by atoms with van der Waals surface area (Å²) in [7, 11) is 0. The number of amidine groups is 1. The largest absolute Gasteiger partial charge is 0.281 e. The maximum atomic E-state index is 12.6. The molecule has 0 saturated heterocycles. The summed E-state index contributed by atoms with van der Waals surface area (Å²) in [6.07, 6.45) is 0.771. The van der Waals surface area contributed by atoms with Gasteiger partial charge in [-0.25, -0.2) is 9.92 Å². The minimum absolute atomic E-state index is 0.00941. The summed E-state index contributed by atoms with van der Waals surface area (Å²) in [5.74, 6) is -0.107. The van der Waals surface area contributed by atoms with Crippen molar-refractivity contribution in [3.8, 4) is 11.1 Å². The Hall–Kier alpha value is -3.14. The molecule has 0 heterocycles. The molecule has 0 unspecified atom stereocenters. The maximum absolute atomic E-state index is 12.6. The first-order valence-corrected chi connectivity index (χ1v) is 8.84. The van der Waals surface area contributed by atoms with E-state index in [1.165, 1.54) is 11.6 Å². The molecule has 138 valence electrons. The van der Waals surface area contributed by atoms with Crippen LogP contribution >= 0.6 is 0 Å². The summed E-state index contributed by atoms with van der Waals surface area (Å²) >= 11 is 0. The molecule has 0 aliphatic rings. The summed E-state index contributed by atoms with van der Waals surface area (Å²) in [4.78, 5) is 0. The van der Waals surface area contributed by atoms with E-state index >= 15 is 0 Å². The number of nitrogens with one attached hydrogen (secondary N) is 2. The molecule has 0 aromatic heterocycles. The van der Waals surface area contributed by atoms with Crippen molar-refractivity contribution in [1.29, 1.82) is 10.9 Å². The summed E-state index contributed by atoms with van der Waals surface area (Å²) in [6, 6.07) is 20.7. The highest BCUT2D eigenvalue weighted by molar-refractivity contribution is 5.97. The van der Waals surface area contributed by atoms with Gasteiger partial charge in [-0.15, -0.1) is 5.11 Å². The molecule has 0 aliphatic carbocycles. The molecule has 27 heavy (non-hydrogen) atoms. The Kier molecular flexibility index (Phi) is 7.12. The first kappa shape index (κ1) is 20.2. The van der Waals surface area contributed by atoms with Crippen LogP contribution in [0.25, 0.3) is 11.1 Å². The molecule has 0 radical (unpaired) electrons. The van der Waals surface area contributed by atoms with Gasteiger partial charge in [-0.2, -0.15) is 0 Å². The van der Waals surface area contributed by atoms with Crippen LogP contribution in [0.3, 0.4) is 0 Å². The van der Waals surface area contributed by atoms with Gasteiger partial charge >= 0.3 is 0 Å². The first-order chi connectivity index (χ1) is 13.0. The molecule has 0 saturated carbocycles. The number of halogens is 1. The monoisotopic (exact) mass is 361 g/mol. The van der Waals surface area contributed by atoms with E-state index in [0.29, 0.717) is 5.56 Å². The Labute approximate surface area is 159 Å². The van der Waals surface area contributed by atoms with Crippen molar-refractivity contribution in [2.75, 3.05) is 0 Å². The van der Waals surface area contributed by atoms with Crippen LogP contribution in [-0.4, -0.2) is 5.84 Å². The lowest BCUT2D eigenvalue weighted by Gasteiger charge is -2.10. The summed E-state index contributed by atoms with van der Waals surface area (Å²) in [5.41, 5.74) is 13.0. The fourth-order valence-electron chi connectivity index (χ4n) is 2.78. The third-order valence-electron chi connectivity index (χ3n) is 4.40. The highest BCUT2D eigenvalue weighted by atomic mass is 19.1. The highest BCUT2D eigenvalue weighted by Crippen LogP contribution is 2.27. The van der Waals surface area contributed by atoms with Gasteiger partial charge < -0.3 is 0 Å². The zero-order chi connectivity index (χ0) is 19.8. The van der Waals surface area contributed by atoms with Crippen LogP contribution in [0.4, 0.5) is 4.39 Å². The van der Waals surface area contributed by atoms with E-state index in [9.17, 15) is 4.39 Å². The second-order valence-electron chi connectivity index (χ2n) is 6.25. The fraction of sp³-hybridized carbons (Fsp3) is 0.174. The lowest BCUT2D eigenvalue weighted by molar-refractivity contribution is 0.612. The van der Waals surface area contributed by atoms with Crippen LogP contribution in [0.1, 0.15) is 29.2 Å². The van der Waals surface area contributed by atoms with E-state index in [0.717, 1.165) is 28.7 Å². The number of rotatable bonds is 3. The Morgan fingerprint density at radius 3 is 2.11 bits per heavy atom. The molecule has 0 bridgehead atoms. The molecule has 0 amide bonds. The Bertz CT molecular complexity index is 948. The zero-order valence-electron chi connectivity index (χ0n) is 15.9. The van der Waals surface area contributed by atoms with Gasteiger partial charge in [0.2, 0.25) is 0 Å². The van der Waals surface area contributed by atoms with Gasteiger partial charge in [0.05, 0.1) is 0 Å². The molecular weight excluding hydrogens is 337 g/mol. The van der Waals surface area contributed by atoms with Crippen molar-refractivity contribution in [3.63, 3.8) is 0 Å². The number of aryl methyl sites for hydroxylation is 3. The van der Waals surface area contributed by atoms with Gasteiger partial charge in [0.25, 0.3) is 0 Å². The average molecular weight is 361 g/mol. The first-order valence-electron chi connectivity index (χ1n) is 8.84. The second-order valence-corrected chi connectivity index (χ2v) is 6.25. The molecule has 3 aromatic carbocycles. The standard InChI is InChI=1S/C15H15N3.C8H9F/c1-10-5-3-4-6-13(10)14-9-12(15(16)18-17)8-7-11(14)2;1-2-7-5-3-4-6-8(7)9/h3-9,16-17H,1-2H3;3-6H,2H2,1H3. The van der Waals surface area contributed by atoms with E-state index in [1.54, 1.807) is 12.1 Å². The third-order valence-corrected chi connectivity index (χ3v) is 4.40. The van der Waals surface area contributed by atoms with Gasteiger partial charge in [0, 0.05) is 5.56 Å². The maximum Gasteiger partial charge on any atom is 0.173 e. The van der Waals surface area contributed by atoms with Crippen LogP contribution in [0.5, 0.6) is 0 Å². The number of hydrogen-bond acceptors (Lipinski definition) is 2. The predicted molar refractivity (Wildman–Crippen MR) is 109 cm³/mol. The average Bonchev–Trinajstić information content (AvgIpc) is 2.69. The van der Waals surface area contributed by atoms with E-state index in [2.05, 4.69) is 24.2 Å². The Morgan fingerprint density at radius 2 is 1.52 bits per heavy atom. The predicted octanol–water partition coefficient (Wildman–Crippen LogP) is 6.71. The molecule has 2 N–H and O–H groups in total. The summed E-state index contributed by atoms with van der Waals surface area (Å²) in [6.45, 7) is 6.06. The Balaban J connectivity index is 0.000000244. The van der Waals surface area contributed by atoms with Crippen LogP contribution in [0.15, 0.2) is 71.8 Å². The van der Waals surface area contributed by atoms with Crippen molar-refractivity contribution in [3.05, 3.63) is 94.8 Å². The van der Waals surface area contributed by atoms with Crippen LogP contribution in [0, 0.1) is 30.6 Å². The van der Waals surface area contributed by atoms with Gasteiger partial charge in [0.1, 0.15) is 5.82 Å². The fourth-order valence-corrected chi connectivity index (χ4v) is 2.78. The lowest BCUT2D eigenvalue weighted by Crippen LogP contribution is -1.96. The molecule has 0 atom stereocenters. The third kappa shape index (κ3) is 5.17. The van der Waals surface area contributed by atoms with E-state index in [-0.39, 0.29) is 11.7 Å². The van der Waals surface area contributed by atoms with E-state index < -0.39 is 0 Å². The Morgan fingerprint density at radius 1 is 0.889 bits per heavy atom. The molecule has 3 rings (SSSR count). The van der Waals surface area contributed by atoms with Crippen molar-refractivity contribution >= 4 is 5.84 Å². The molecule has 3 nitrogen and oxygen atoms in total. The van der Waals surface area contributed by atoms with Crippen molar-refractivity contribution in [2.45, 2.75) is 27.2 Å². The number of hydrogen-bond donors (Lipinski definition) is 2. The van der Waals surface area contributed by atoms with E-state index in [4.69, 9.17) is 10.9 Å². The van der Waals surface area contributed by atoms with Crippen LogP contribution < -0.4 is 0 Å². The van der Waals surface area contributed by atoms with Crippen molar-refractivity contribution in [2.24, 2.45) is 5.11 Å². The summed E-state index contributed by atoms with van der Waals surface area (Å²) in [5, 5.41) is 10.8. The van der Waals surface area contributed by atoms with E-state index in [1.807, 2.05) is 50.2 Å². The van der Waals surface area contributed by atoms with Gasteiger partial charge in [-0.05, 0) is 60.2 Å². The topological polar surface area (TPSA) is 60.1 Å². The van der Waals surface area contributed by atoms with Gasteiger partial charge in [-0.1, -0.05) is 61.5 Å². The molecule has 0 spiro atoms. The highest BCUT2D eigenvalue weighted by Gasteiger charge is 2.08. The van der Waals surface area contributed by atoms with Gasteiger partial charge in [0.15, 0.2) is 5.84 Å². The molecule has 3 aromatic rings. The minimum atomic E-state index is -0.0972. The molecule has 4 heteroatoms. The quantitative estimate of drug-likeness (QED) is 0.296. The lowest BCUT2D eigenvalue weighted by atomic mass is 9.95. The van der Waals surface area contributed by atoms with Crippen LogP contribution in [-0.2, 0) is 6.42 Å². The van der Waals surface area contributed by atoms with Gasteiger partial charge in [-0.3, -0.25) is 5.41 Å². The summed E-state index contributed by atoms with van der Waals surface area (Å²) < 4.78 is 12.6. The molecular formula is C23H24FN3. The van der Waals surface area contributed by atoms with Crippen molar-refractivity contribution in [1.82, 2.24) is 0 Å². The smallest absolute Gasteiger partial charge is 0.173 e. The van der Waals surface area contributed by atoms with Crippen LogP contribution in [0.2, 0.25) is 0 Å². The van der Waals surface area contributed by atoms with Crippen molar-refractivity contribution < 1.29 is 4.39 Å². The minimum Gasteiger partial charge on any atom is -0.281 e. The number of benzene rings is 3. The molecule has 0 aliphatic heterocycles. The zero-order valence-corrected chi connectivity index (χ0v) is 15.9. The second kappa shape index (κ2) is 9.53. The SMILES string of the molecule is CCc1ccccc1F.Cc1ccccc1-c1cc(C(=N)N=N)ccc1C. The number of nitrogens with zero attached hydrogens (tertiary/aromatic N) is 1.